The van der Waals surface area contributed by atoms with E-state index in [1.165, 1.54) is 35.4 Å². The quantitative estimate of drug-likeness (QED) is 0.565. The molecular formula is C25H28O4S. The molecule has 0 aliphatic carbocycles. The Labute approximate surface area is 181 Å². The summed E-state index contributed by atoms with van der Waals surface area (Å²) in [6.07, 6.45) is -0.518. The minimum Gasteiger partial charge on any atom is -0.395 e. The van der Waals surface area contributed by atoms with Crippen LogP contribution in [0.5, 0.6) is 0 Å². The minimum absolute atomic E-state index is 0.161. The first-order valence-electron chi connectivity index (χ1n) is 10.3. The topological polar surface area (TPSA) is 69.9 Å². The van der Waals surface area contributed by atoms with Crippen LogP contribution in [-0.4, -0.2) is 52.6 Å². The van der Waals surface area contributed by atoms with Crippen molar-refractivity contribution in [2.75, 3.05) is 13.7 Å². The fraction of sp³-hybridized carbons (Fsp3) is 0.360. The maximum atomic E-state index is 10.8. The number of aliphatic hydroxyl groups excluding tert-OH is 3. The minimum atomic E-state index is -0.902. The summed E-state index contributed by atoms with van der Waals surface area (Å²) in [7, 11) is 1.48. The van der Waals surface area contributed by atoms with Crippen molar-refractivity contribution in [3.63, 3.8) is 0 Å². The Morgan fingerprint density at radius 1 is 0.900 bits per heavy atom. The predicted molar refractivity (Wildman–Crippen MR) is 122 cm³/mol. The number of hydrogen-bond acceptors (Lipinski definition) is 5. The van der Waals surface area contributed by atoms with Gasteiger partial charge in [0.1, 0.15) is 6.10 Å². The standard InChI is InChI=1S/C25H28O4S/c1-29-24-22(27)21(15-26)30-25(23(24)28)19-12-13-20-17(8-5-9-18(20)14-19)11-10-16-6-3-2-4-7-16/h2-9,12-14,21-28H,10-11,15H2,1H3/t21-,22-,23-,24+,25+/m1/s1. The molecule has 1 aliphatic heterocycles. The number of benzene rings is 3. The molecule has 3 N–H and O–H groups in total. The molecule has 0 radical (unpaired) electrons. The third-order valence-corrected chi connectivity index (χ3v) is 7.61. The van der Waals surface area contributed by atoms with E-state index in [1.807, 2.05) is 12.1 Å². The number of aliphatic hydroxyl groups is 3. The van der Waals surface area contributed by atoms with Crippen molar-refractivity contribution < 1.29 is 20.1 Å². The Morgan fingerprint density at radius 2 is 1.70 bits per heavy atom. The number of aryl methyl sites for hydroxylation is 2. The molecule has 0 unspecified atom stereocenters. The summed E-state index contributed by atoms with van der Waals surface area (Å²) in [5.74, 6) is 0. The average Bonchev–Trinajstić information content (AvgIpc) is 2.78. The van der Waals surface area contributed by atoms with Crippen LogP contribution >= 0.6 is 11.8 Å². The van der Waals surface area contributed by atoms with Crippen molar-refractivity contribution >= 4 is 22.5 Å². The van der Waals surface area contributed by atoms with Crippen molar-refractivity contribution in [3.05, 3.63) is 83.4 Å². The van der Waals surface area contributed by atoms with Crippen LogP contribution in [0.4, 0.5) is 0 Å². The van der Waals surface area contributed by atoms with E-state index < -0.39 is 23.6 Å². The average molecular weight is 425 g/mol. The molecule has 3 aromatic carbocycles. The molecule has 1 aliphatic rings. The number of fused-ring (bicyclic) bond motifs is 1. The zero-order valence-corrected chi connectivity index (χ0v) is 17.8. The molecular weight excluding hydrogens is 396 g/mol. The molecule has 5 heteroatoms. The first-order valence-corrected chi connectivity index (χ1v) is 11.3. The van der Waals surface area contributed by atoms with E-state index in [0.717, 1.165) is 23.8 Å². The van der Waals surface area contributed by atoms with Crippen LogP contribution in [-0.2, 0) is 17.6 Å². The molecule has 1 saturated heterocycles. The van der Waals surface area contributed by atoms with E-state index in [2.05, 4.69) is 54.6 Å². The lowest BCUT2D eigenvalue weighted by Gasteiger charge is -2.41. The number of rotatable bonds is 6. The van der Waals surface area contributed by atoms with Crippen molar-refractivity contribution in [3.8, 4) is 0 Å². The Morgan fingerprint density at radius 3 is 2.43 bits per heavy atom. The fourth-order valence-corrected chi connectivity index (χ4v) is 5.73. The normalized spacial score (nSPS) is 26.7. The number of thioether (sulfide) groups is 1. The Kier molecular flexibility index (Phi) is 6.76. The van der Waals surface area contributed by atoms with Gasteiger partial charge in [0.25, 0.3) is 0 Å². The van der Waals surface area contributed by atoms with E-state index in [-0.39, 0.29) is 11.9 Å². The van der Waals surface area contributed by atoms with Crippen molar-refractivity contribution in [2.45, 2.75) is 41.7 Å². The highest BCUT2D eigenvalue weighted by Gasteiger charge is 2.44. The van der Waals surface area contributed by atoms with Crippen molar-refractivity contribution in [1.82, 2.24) is 0 Å². The van der Waals surface area contributed by atoms with Gasteiger partial charge in [0.05, 0.1) is 29.3 Å². The van der Waals surface area contributed by atoms with Crippen molar-refractivity contribution in [2.24, 2.45) is 0 Å². The molecule has 5 atom stereocenters. The van der Waals surface area contributed by atoms with Gasteiger partial charge < -0.3 is 20.1 Å². The molecule has 4 rings (SSSR count). The third-order valence-electron chi connectivity index (χ3n) is 5.99. The summed E-state index contributed by atoms with van der Waals surface area (Å²) < 4.78 is 5.36. The lowest BCUT2D eigenvalue weighted by atomic mass is 9.93. The molecule has 30 heavy (non-hydrogen) atoms. The van der Waals surface area contributed by atoms with Gasteiger partial charge in [-0.1, -0.05) is 60.7 Å². The van der Waals surface area contributed by atoms with E-state index in [0.29, 0.717) is 0 Å². The van der Waals surface area contributed by atoms with E-state index in [4.69, 9.17) is 4.74 Å². The van der Waals surface area contributed by atoms with Gasteiger partial charge in [0, 0.05) is 7.11 Å². The number of methoxy groups -OCH3 is 1. The van der Waals surface area contributed by atoms with Crippen LogP contribution in [0.3, 0.4) is 0 Å². The third kappa shape index (κ3) is 4.27. The Balaban J connectivity index is 1.60. The molecule has 0 amide bonds. The van der Waals surface area contributed by atoms with Crippen LogP contribution in [0.25, 0.3) is 10.8 Å². The van der Waals surface area contributed by atoms with Gasteiger partial charge in [0.2, 0.25) is 0 Å². The maximum Gasteiger partial charge on any atom is 0.111 e. The molecule has 0 saturated carbocycles. The zero-order valence-electron chi connectivity index (χ0n) is 17.0. The highest BCUT2D eigenvalue weighted by atomic mass is 32.2. The van der Waals surface area contributed by atoms with Crippen molar-refractivity contribution in [1.29, 1.82) is 0 Å². The first kappa shape index (κ1) is 21.3. The summed E-state index contributed by atoms with van der Waals surface area (Å²) in [6.45, 7) is -0.161. The lowest BCUT2D eigenvalue weighted by Crippen LogP contribution is -2.52. The second-order valence-corrected chi connectivity index (χ2v) is 9.23. The molecule has 1 heterocycles. The van der Waals surface area contributed by atoms with Gasteiger partial charge in [-0.3, -0.25) is 0 Å². The molecule has 0 bridgehead atoms. The lowest BCUT2D eigenvalue weighted by molar-refractivity contribution is -0.0907. The van der Waals surface area contributed by atoms with Gasteiger partial charge in [-0.05, 0) is 46.4 Å². The summed E-state index contributed by atoms with van der Waals surface area (Å²) in [5, 5.41) is 32.5. The maximum absolute atomic E-state index is 10.8. The molecule has 158 valence electrons. The molecule has 4 nitrogen and oxygen atoms in total. The summed E-state index contributed by atoms with van der Waals surface area (Å²) in [6, 6.07) is 23.1. The second-order valence-electron chi connectivity index (χ2n) is 7.84. The molecule has 1 fully saturated rings. The molecule has 0 spiro atoms. The van der Waals surface area contributed by atoms with Crippen LogP contribution < -0.4 is 0 Å². The fourth-order valence-electron chi connectivity index (χ4n) is 4.33. The Hall–Kier alpha value is -1.89. The Bertz CT molecular complexity index is 977. The first-order chi connectivity index (χ1) is 14.6. The van der Waals surface area contributed by atoms with Crippen LogP contribution in [0.2, 0.25) is 0 Å². The number of hydrogen-bond donors (Lipinski definition) is 3. The number of ether oxygens (including phenoxy) is 1. The summed E-state index contributed by atoms with van der Waals surface area (Å²) in [5.41, 5.74) is 3.61. The highest BCUT2D eigenvalue weighted by molar-refractivity contribution is 8.00. The van der Waals surface area contributed by atoms with Gasteiger partial charge >= 0.3 is 0 Å². The molecule has 3 aromatic rings. The van der Waals surface area contributed by atoms with Gasteiger partial charge in [-0.15, -0.1) is 11.8 Å². The largest absolute Gasteiger partial charge is 0.395 e. The van der Waals surface area contributed by atoms with E-state index in [9.17, 15) is 15.3 Å². The highest BCUT2D eigenvalue weighted by Crippen LogP contribution is 2.44. The van der Waals surface area contributed by atoms with Gasteiger partial charge in [0.15, 0.2) is 0 Å². The zero-order chi connectivity index (χ0) is 21.1. The van der Waals surface area contributed by atoms with Crippen LogP contribution in [0.15, 0.2) is 66.7 Å². The SMILES string of the molecule is CO[C@@H]1[C@@H](O)[C@H](c2ccc3c(CCc4ccccc4)cccc3c2)S[C@H](CO)[C@H]1O. The smallest absolute Gasteiger partial charge is 0.111 e. The van der Waals surface area contributed by atoms with E-state index >= 15 is 0 Å². The second kappa shape index (κ2) is 9.50. The molecule has 0 aromatic heterocycles. The van der Waals surface area contributed by atoms with Gasteiger partial charge in [-0.25, -0.2) is 0 Å². The van der Waals surface area contributed by atoms with Gasteiger partial charge in [-0.2, -0.15) is 0 Å². The summed E-state index contributed by atoms with van der Waals surface area (Å²) in [4.78, 5) is 0. The van der Waals surface area contributed by atoms with Crippen LogP contribution in [0.1, 0.15) is 21.9 Å². The summed E-state index contributed by atoms with van der Waals surface area (Å²) >= 11 is 1.41. The predicted octanol–water partition coefficient (Wildman–Crippen LogP) is 3.51. The monoisotopic (exact) mass is 424 g/mol. The van der Waals surface area contributed by atoms with Crippen LogP contribution in [0, 0.1) is 0 Å². The van der Waals surface area contributed by atoms with E-state index in [1.54, 1.807) is 0 Å².